The summed E-state index contributed by atoms with van der Waals surface area (Å²) >= 11 is 0. The Hall–Kier alpha value is -1.48. The minimum Gasteiger partial charge on any atom is -0.383 e. The van der Waals surface area contributed by atoms with Crippen molar-refractivity contribution in [2.24, 2.45) is 0 Å². The fourth-order valence-electron chi connectivity index (χ4n) is 3.62. The molecule has 26 heavy (non-hydrogen) atoms. The van der Waals surface area contributed by atoms with Crippen LogP contribution in [0.3, 0.4) is 0 Å². The molecular weight excluding hydrogens is 354 g/mol. The number of piperazine rings is 1. The molecule has 3 rings (SSSR count). The Balaban J connectivity index is 1.84. The minimum absolute atomic E-state index is 0.115. The Labute approximate surface area is 155 Å². The number of hydrogen-bond donors (Lipinski definition) is 1. The van der Waals surface area contributed by atoms with Crippen LogP contribution in [0.15, 0.2) is 29.2 Å². The lowest BCUT2D eigenvalue weighted by molar-refractivity contribution is 0.0735. The Bertz CT molecular complexity index is 730. The molecule has 2 saturated heterocycles. The summed E-state index contributed by atoms with van der Waals surface area (Å²) in [4.78, 5) is 14.6. The summed E-state index contributed by atoms with van der Waals surface area (Å²) in [6.45, 7) is 3.67. The van der Waals surface area contributed by atoms with Gasteiger partial charge >= 0.3 is 0 Å². The van der Waals surface area contributed by atoms with E-state index in [4.69, 9.17) is 4.74 Å². The first-order chi connectivity index (χ1) is 12.5. The van der Waals surface area contributed by atoms with Crippen LogP contribution in [0.25, 0.3) is 0 Å². The van der Waals surface area contributed by atoms with E-state index < -0.39 is 10.0 Å². The molecule has 0 aromatic heterocycles. The summed E-state index contributed by atoms with van der Waals surface area (Å²) in [5, 5.41) is 3.21. The maximum Gasteiger partial charge on any atom is 0.253 e. The number of nitrogens with zero attached hydrogens (tertiary/aromatic N) is 2. The van der Waals surface area contributed by atoms with Crippen LogP contribution in [0.2, 0.25) is 0 Å². The number of benzene rings is 1. The largest absolute Gasteiger partial charge is 0.383 e. The third-order valence-electron chi connectivity index (χ3n) is 5.02. The zero-order valence-corrected chi connectivity index (χ0v) is 16.0. The van der Waals surface area contributed by atoms with Gasteiger partial charge < -0.3 is 15.0 Å². The average molecular weight is 381 g/mol. The summed E-state index contributed by atoms with van der Waals surface area (Å²) in [5.74, 6) is -0.115. The molecule has 0 spiro atoms. The number of amides is 1. The van der Waals surface area contributed by atoms with Crippen molar-refractivity contribution in [3.63, 3.8) is 0 Å². The van der Waals surface area contributed by atoms with Gasteiger partial charge in [0.1, 0.15) is 0 Å². The number of carbonyl (C=O) groups excluding carboxylic acids is 1. The lowest BCUT2D eigenvalue weighted by atomic mass is 10.1. The van der Waals surface area contributed by atoms with E-state index in [0.29, 0.717) is 31.8 Å². The molecule has 1 atom stereocenters. The lowest BCUT2D eigenvalue weighted by Crippen LogP contribution is -2.46. The van der Waals surface area contributed by atoms with Crippen LogP contribution in [-0.4, -0.2) is 76.0 Å². The summed E-state index contributed by atoms with van der Waals surface area (Å²) in [7, 11) is -2.06. The van der Waals surface area contributed by atoms with Gasteiger partial charge in [0.2, 0.25) is 10.0 Å². The molecule has 1 N–H and O–H groups in total. The molecule has 2 fully saturated rings. The van der Waals surface area contributed by atoms with Crippen LogP contribution in [0.5, 0.6) is 0 Å². The molecule has 8 heteroatoms. The maximum absolute atomic E-state index is 13.2. The van der Waals surface area contributed by atoms with Crippen molar-refractivity contribution in [2.75, 3.05) is 46.4 Å². The highest BCUT2D eigenvalue weighted by molar-refractivity contribution is 7.89. The molecule has 2 heterocycles. The van der Waals surface area contributed by atoms with Crippen LogP contribution in [0, 0.1) is 0 Å². The Kier molecular flexibility index (Phi) is 6.29. The normalized spacial score (nSPS) is 22.3. The molecule has 2 aliphatic rings. The highest BCUT2D eigenvalue weighted by atomic mass is 32.2. The minimum atomic E-state index is -3.65. The number of carbonyl (C=O) groups is 1. The second-order valence-electron chi connectivity index (χ2n) is 6.79. The van der Waals surface area contributed by atoms with Gasteiger partial charge in [0.15, 0.2) is 0 Å². The molecule has 0 unspecified atom stereocenters. The molecule has 1 amide bonds. The second-order valence-corrected chi connectivity index (χ2v) is 8.68. The van der Waals surface area contributed by atoms with E-state index in [9.17, 15) is 13.2 Å². The maximum atomic E-state index is 13.2. The number of methoxy groups -OCH3 is 1. The van der Waals surface area contributed by atoms with Crippen LogP contribution in [-0.2, 0) is 14.8 Å². The summed E-state index contributed by atoms with van der Waals surface area (Å²) in [5.41, 5.74) is 0.424. The Morgan fingerprint density at radius 1 is 1.23 bits per heavy atom. The molecule has 0 radical (unpaired) electrons. The van der Waals surface area contributed by atoms with Crippen LogP contribution in [0.1, 0.15) is 29.6 Å². The van der Waals surface area contributed by atoms with E-state index in [2.05, 4.69) is 5.32 Å². The fourth-order valence-corrected chi connectivity index (χ4v) is 5.35. The standard InChI is InChI=1S/C18H27N3O4S/c1-25-14-16-6-2-3-10-21(16)26(23,24)17-7-4-5-15(13-17)18(22)20-11-8-19-9-12-20/h4-5,7,13,16,19H,2-3,6,8-12,14H2,1H3/t16-/m1/s1. The van der Waals surface area contributed by atoms with Crippen molar-refractivity contribution >= 4 is 15.9 Å². The van der Waals surface area contributed by atoms with Crippen molar-refractivity contribution in [3.8, 4) is 0 Å². The van der Waals surface area contributed by atoms with Crippen molar-refractivity contribution in [1.29, 1.82) is 0 Å². The molecule has 2 aliphatic heterocycles. The molecule has 0 aliphatic carbocycles. The topological polar surface area (TPSA) is 79.0 Å². The molecule has 7 nitrogen and oxygen atoms in total. The monoisotopic (exact) mass is 381 g/mol. The van der Waals surface area contributed by atoms with Gasteiger partial charge in [-0.1, -0.05) is 12.5 Å². The first-order valence-corrected chi connectivity index (χ1v) is 10.6. The van der Waals surface area contributed by atoms with Gasteiger partial charge in [0.25, 0.3) is 5.91 Å². The van der Waals surface area contributed by atoms with Gasteiger partial charge in [0.05, 0.1) is 11.5 Å². The van der Waals surface area contributed by atoms with Gasteiger partial charge in [-0.15, -0.1) is 0 Å². The number of nitrogens with one attached hydrogen (secondary N) is 1. The van der Waals surface area contributed by atoms with E-state index in [1.165, 1.54) is 10.4 Å². The zero-order valence-electron chi connectivity index (χ0n) is 15.2. The van der Waals surface area contributed by atoms with Gasteiger partial charge in [-0.05, 0) is 31.0 Å². The van der Waals surface area contributed by atoms with Gasteiger partial charge in [0, 0.05) is 51.4 Å². The van der Waals surface area contributed by atoms with E-state index in [0.717, 1.165) is 32.4 Å². The Morgan fingerprint density at radius 3 is 2.73 bits per heavy atom. The molecule has 1 aromatic rings. The zero-order chi connectivity index (χ0) is 18.6. The Morgan fingerprint density at radius 2 is 2.00 bits per heavy atom. The molecule has 0 bridgehead atoms. The van der Waals surface area contributed by atoms with Gasteiger partial charge in [-0.25, -0.2) is 8.42 Å². The SMILES string of the molecule is COC[C@H]1CCCCN1S(=O)(=O)c1cccc(C(=O)N2CCNCC2)c1. The van der Waals surface area contributed by atoms with Crippen molar-refractivity contribution in [1.82, 2.24) is 14.5 Å². The second kappa shape index (κ2) is 8.47. The first kappa shape index (κ1) is 19.3. The van der Waals surface area contributed by atoms with Gasteiger partial charge in [-0.3, -0.25) is 4.79 Å². The third kappa shape index (κ3) is 4.09. The van der Waals surface area contributed by atoms with Crippen molar-refractivity contribution in [2.45, 2.75) is 30.2 Å². The first-order valence-electron chi connectivity index (χ1n) is 9.15. The van der Waals surface area contributed by atoms with Crippen LogP contribution >= 0.6 is 0 Å². The number of piperidine rings is 1. The van der Waals surface area contributed by atoms with Crippen molar-refractivity contribution in [3.05, 3.63) is 29.8 Å². The highest BCUT2D eigenvalue weighted by Crippen LogP contribution is 2.26. The van der Waals surface area contributed by atoms with E-state index in [1.807, 2.05) is 0 Å². The fraction of sp³-hybridized carbons (Fsp3) is 0.611. The predicted molar refractivity (Wildman–Crippen MR) is 98.6 cm³/mol. The number of sulfonamides is 1. The van der Waals surface area contributed by atoms with E-state index in [1.54, 1.807) is 30.2 Å². The molecule has 144 valence electrons. The summed E-state index contributed by atoms with van der Waals surface area (Å²) in [6, 6.07) is 6.27. The highest BCUT2D eigenvalue weighted by Gasteiger charge is 2.34. The molecule has 1 aromatic carbocycles. The summed E-state index contributed by atoms with van der Waals surface area (Å²) in [6.07, 6.45) is 2.65. The number of rotatable bonds is 5. The number of ether oxygens (including phenoxy) is 1. The van der Waals surface area contributed by atoms with Crippen molar-refractivity contribution < 1.29 is 17.9 Å². The van der Waals surface area contributed by atoms with E-state index in [-0.39, 0.29) is 16.8 Å². The van der Waals surface area contributed by atoms with Gasteiger partial charge in [-0.2, -0.15) is 4.31 Å². The average Bonchev–Trinajstić information content (AvgIpc) is 2.69. The smallest absolute Gasteiger partial charge is 0.253 e. The van der Waals surface area contributed by atoms with E-state index >= 15 is 0 Å². The van der Waals surface area contributed by atoms with Crippen LogP contribution in [0.4, 0.5) is 0 Å². The third-order valence-corrected chi connectivity index (χ3v) is 6.97. The predicted octanol–water partition coefficient (Wildman–Crippen LogP) is 0.922. The number of hydrogen-bond acceptors (Lipinski definition) is 5. The molecular formula is C18H27N3O4S. The summed E-state index contributed by atoms with van der Waals surface area (Å²) < 4.78 is 33.1. The quantitative estimate of drug-likeness (QED) is 0.821. The van der Waals surface area contributed by atoms with Crippen LogP contribution < -0.4 is 5.32 Å². The molecule has 0 saturated carbocycles. The lowest BCUT2D eigenvalue weighted by Gasteiger charge is -2.34.